The van der Waals surface area contributed by atoms with Crippen molar-refractivity contribution >= 4 is 38.7 Å². The van der Waals surface area contributed by atoms with Crippen molar-refractivity contribution in [3.63, 3.8) is 0 Å². The zero-order valence-electron chi connectivity index (χ0n) is 21.6. The number of hydrogen-bond donors (Lipinski definition) is 4. The van der Waals surface area contributed by atoms with Crippen LogP contribution < -0.4 is 5.32 Å². The first-order valence-electron chi connectivity index (χ1n) is 13.6. The van der Waals surface area contributed by atoms with E-state index in [-0.39, 0.29) is 12.5 Å². The molecule has 1 amide bonds. The van der Waals surface area contributed by atoms with Crippen LogP contribution in [0.3, 0.4) is 0 Å². The van der Waals surface area contributed by atoms with E-state index in [9.17, 15) is 14.7 Å². The second-order valence-electron chi connectivity index (χ2n) is 11.1. The highest BCUT2D eigenvalue weighted by Crippen LogP contribution is 2.44. The zero-order chi connectivity index (χ0) is 27.0. The van der Waals surface area contributed by atoms with Gasteiger partial charge in [-0.25, -0.2) is 0 Å². The minimum atomic E-state index is -0.815. The lowest BCUT2D eigenvalue weighted by atomic mass is 9.78. The molecule has 0 saturated heterocycles. The summed E-state index contributed by atoms with van der Waals surface area (Å²) in [5, 5.41) is 28.2. The number of H-pyrrole nitrogens is 2. The monoisotopic (exact) mass is 590 g/mol. The first kappa shape index (κ1) is 25.7. The van der Waals surface area contributed by atoms with Gasteiger partial charge in [-0.1, -0.05) is 56.0 Å². The molecule has 0 spiro atoms. The molecule has 2 saturated carbocycles. The number of hydrogen-bond acceptors (Lipinski definition) is 5. The number of carboxylic acids is 1. The van der Waals surface area contributed by atoms with Gasteiger partial charge in [0.05, 0.1) is 21.0 Å². The average molecular weight is 592 g/mol. The normalized spacial score (nSPS) is 18.0. The van der Waals surface area contributed by atoms with Crippen LogP contribution in [0.25, 0.3) is 33.5 Å². The van der Waals surface area contributed by atoms with Crippen LogP contribution in [-0.2, 0) is 16.0 Å². The largest absolute Gasteiger partial charge is 0.481 e. The number of nitrogens with zero attached hydrogens (tertiary/aromatic N) is 3. The Morgan fingerprint density at radius 1 is 0.949 bits per heavy atom. The number of rotatable bonds is 8. The number of amides is 1. The number of aliphatic carboxylic acids is 1. The lowest BCUT2D eigenvalue weighted by Crippen LogP contribution is -2.47. The third-order valence-corrected chi connectivity index (χ3v) is 9.59. The number of carbonyl (C=O) groups is 2. The highest BCUT2D eigenvalue weighted by molar-refractivity contribution is 9.10. The van der Waals surface area contributed by atoms with E-state index in [1.807, 2.05) is 24.3 Å². The third-order valence-electron chi connectivity index (χ3n) is 8.76. The first-order valence-corrected chi connectivity index (χ1v) is 14.3. The van der Waals surface area contributed by atoms with Crippen molar-refractivity contribution in [2.45, 2.75) is 57.8 Å². The number of aromatic nitrogens is 5. The van der Waals surface area contributed by atoms with E-state index >= 15 is 0 Å². The Hall–Kier alpha value is -3.53. The van der Waals surface area contributed by atoms with E-state index in [1.54, 1.807) is 0 Å². The number of carboxylic acid groups (broad SMARTS) is 1. The number of carbonyl (C=O) groups excluding carboxylic acids is 1. The predicted molar refractivity (Wildman–Crippen MR) is 151 cm³/mol. The van der Waals surface area contributed by atoms with Crippen LogP contribution in [0.2, 0.25) is 0 Å². The molecule has 39 heavy (non-hydrogen) atoms. The Morgan fingerprint density at radius 2 is 1.62 bits per heavy atom. The third kappa shape index (κ3) is 4.75. The van der Waals surface area contributed by atoms with Gasteiger partial charge in [0.1, 0.15) is 0 Å². The zero-order valence-corrected chi connectivity index (χ0v) is 23.2. The summed E-state index contributed by atoms with van der Waals surface area (Å²) in [6.07, 6.45) is 7.39. The fourth-order valence-corrected chi connectivity index (χ4v) is 7.12. The SMILES string of the molecule is O=C(O)C1(CNC(=O)C2(Cc3ccc4[nH]c(-c5ccc(-c6nn[nH]n6)cc5)c(Br)c4c3)CCCC2)CCCC1. The lowest BCUT2D eigenvalue weighted by Gasteiger charge is -2.31. The summed E-state index contributed by atoms with van der Waals surface area (Å²) in [6.45, 7) is 0.222. The van der Waals surface area contributed by atoms with Gasteiger partial charge >= 0.3 is 5.97 Å². The van der Waals surface area contributed by atoms with E-state index < -0.39 is 16.8 Å². The van der Waals surface area contributed by atoms with Crippen LogP contribution in [0, 0.1) is 10.8 Å². The maximum absolute atomic E-state index is 13.6. The summed E-state index contributed by atoms with van der Waals surface area (Å²) in [7, 11) is 0. The molecular weight excluding hydrogens is 560 g/mol. The molecule has 202 valence electrons. The van der Waals surface area contributed by atoms with Crippen LogP contribution in [-0.4, -0.2) is 49.1 Å². The summed E-state index contributed by atoms with van der Waals surface area (Å²) in [5.41, 5.74) is 3.69. The molecule has 10 heteroatoms. The van der Waals surface area contributed by atoms with Crippen molar-refractivity contribution in [1.29, 1.82) is 0 Å². The molecule has 6 rings (SSSR count). The predicted octanol–water partition coefficient (Wildman–Crippen LogP) is 5.64. The van der Waals surface area contributed by atoms with Crippen molar-refractivity contribution in [2.75, 3.05) is 6.54 Å². The summed E-state index contributed by atoms with van der Waals surface area (Å²) < 4.78 is 0.973. The number of fused-ring (bicyclic) bond motifs is 1. The molecular formula is C29H31BrN6O3. The Balaban J connectivity index is 1.23. The smallest absolute Gasteiger partial charge is 0.311 e. The number of halogens is 1. The highest BCUT2D eigenvalue weighted by atomic mass is 79.9. The Morgan fingerprint density at radius 3 is 2.26 bits per heavy atom. The van der Waals surface area contributed by atoms with Gasteiger partial charge in [-0.05, 0) is 76.5 Å². The van der Waals surface area contributed by atoms with Gasteiger partial charge in [0, 0.05) is 23.0 Å². The minimum absolute atomic E-state index is 0.00290. The number of benzene rings is 2. The second kappa shape index (κ2) is 10.2. The highest BCUT2D eigenvalue weighted by Gasteiger charge is 2.45. The van der Waals surface area contributed by atoms with Crippen molar-refractivity contribution in [3.8, 4) is 22.6 Å². The van der Waals surface area contributed by atoms with E-state index in [0.29, 0.717) is 25.1 Å². The fraction of sp³-hybridized carbons (Fsp3) is 0.414. The minimum Gasteiger partial charge on any atom is -0.481 e. The molecule has 2 aliphatic carbocycles. The molecule has 4 aromatic rings. The number of nitrogens with one attached hydrogen (secondary N) is 3. The van der Waals surface area contributed by atoms with E-state index in [2.05, 4.69) is 65.1 Å². The quantitative estimate of drug-likeness (QED) is 0.209. The molecule has 4 N–H and O–H groups in total. The molecule has 2 aliphatic rings. The number of tetrazole rings is 1. The van der Waals surface area contributed by atoms with Crippen molar-refractivity contribution < 1.29 is 14.7 Å². The van der Waals surface area contributed by atoms with E-state index in [4.69, 9.17) is 0 Å². The van der Waals surface area contributed by atoms with Gasteiger partial charge < -0.3 is 15.4 Å². The Labute approximate surface area is 234 Å². The maximum Gasteiger partial charge on any atom is 0.311 e. The van der Waals surface area contributed by atoms with Crippen molar-refractivity contribution in [3.05, 3.63) is 52.5 Å². The molecule has 0 aliphatic heterocycles. The van der Waals surface area contributed by atoms with Crippen LogP contribution in [0.4, 0.5) is 0 Å². The summed E-state index contributed by atoms with van der Waals surface area (Å²) in [6, 6.07) is 14.3. The van der Waals surface area contributed by atoms with Crippen LogP contribution in [0.1, 0.15) is 56.9 Å². The summed E-state index contributed by atoms with van der Waals surface area (Å²) in [5.74, 6) is -0.236. The van der Waals surface area contributed by atoms with Gasteiger partial charge in [0.15, 0.2) is 0 Å². The maximum atomic E-state index is 13.6. The number of aromatic amines is 2. The molecule has 2 aromatic heterocycles. The fourth-order valence-electron chi connectivity index (χ4n) is 6.47. The van der Waals surface area contributed by atoms with Gasteiger partial charge in [0.2, 0.25) is 11.7 Å². The van der Waals surface area contributed by atoms with Gasteiger partial charge in [-0.15, -0.1) is 10.2 Å². The van der Waals surface area contributed by atoms with E-state index in [1.165, 1.54) is 0 Å². The topological polar surface area (TPSA) is 137 Å². The van der Waals surface area contributed by atoms with Crippen LogP contribution >= 0.6 is 15.9 Å². The molecule has 2 heterocycles. The molecule has 0 radical (unpaired) electrons. The summed E-state index contributed by atoms with van der Waals surface area (Å²) in [4.78, 5) is 29.1. The van der Waals surface area contributed by atoms with Crippen LogP contribution in [0.5, 0.6) is 0 Å². The molecule has 0 bridgehead atoms. The van der Waals surface area contributed by atoms with Crippen molar-refractivity contribution in [1.82, 2.24) is 30.9 Å². The van der Waals surface area contributed by atoms with Gasteiger partial charge in [0.25, 0.3) is 0 Å². The molecule has 9 nitrogen and oxygen atoms in total. The van der Waals surface area contributed by atoms with Gasteiger partial charge in [-0.2, -0.15) is 5.21 Å². The first-order chi connectivity index (χ1) is 18.9. The standard InChI is InChI=1S/C29H31BrN6O3/c30-23-21-15-18(5-10-22(21)32-24(23)19-6-8-20(9-7-19)25-33-35-36-34-25)16-28(11-1-2-12-28)26(37)31-17-29(27(38)39)13-3-4-14-29/h5-10,15,32H,1-4,11-14,16-17H2,(H,31,37)(H,38,39)(H,33,34,35,36). The average Bonchev–Trinajstić information content (AvgIpc) is 3.76. The van der Waals surface area contributed by atoms with Crippen molar-refractivity contribution in [2.24, 2.45) is 10.8 Å². The second-order valence-corrected chi connectivity index (χ2v) is 11.9. The molecule has 0 atom stereocenters. The lowest BCUT2D eigenvalue weighted by molar-refractivity contribution is -0.148. The molecule has 2 aromatic carbocycles. The van der Waals surface area contributed by atoms with Gasteiger partial charge in [-0.3, -0.25) is 9.59 Å². The van der Waals surface area contributed by atoms with Crippen LogP contribution in [0.15, 0.2) is 46.9 Å². The Bertz CT molecular complexity index is 1500. The molecule has 2 fully saturated rings. The summed E-state index contributed by atoms with van der Waals surface area (Å²) >= 11 is 3.81. The van der Waals surface area contributed by atoms with E-state index in [0.717, 1.165) is 76.3 Å². The Kier molecular flexibility index (Phi) is 6.74. The molecule has 0 unspecified atom stereocenters.